The smallest absolute Gasteiger partial charge is 0.342 e. The molecule has 2 aromatic carbocycles. The summed E-state index contributed by atoms with van der Waals surface area (Å²) in [6.07, 6.45) is 0. The molecule has 0 bridgehead atoms. The van der Waals surface area contributed by atoms with E-state index in [0.717, 1.165) is 5.39 Å². The molecule has 0 aliphatic rings. The van der Waals surface area contributed by atoms with Gasteiger partial charge < -0.3 is 13.9 Å². The van der Waals surface area contributed by atoms with Crippen LogP contribution >= 0.6 is 0 Å². The van der Waals surface area contributed by atoms with E-state index in [1.54, 1.807) is 36.4 Å². The third kappa shape index (κ3) is 3.30. The fraction of sp³-hybridized carbons (Fsp3) is 0.158. The van der Waals surface area contributed by atoms with Crippen LogP contribution in [0.4, 0.5) is 0 Å². The molecule has 3 rings (SSSR count). The second kappa shape index (κ2) is 7.00. The minimum absolute atomic E-state index is 0.169. The molecule has 0 atom stereocenters. The highest BCUT2D eigenvalue weighted by Crippen LogP contribution is 2.21. The summed E-state index contributed by atoms with van der Waals surface area (Å²) in [6, 6.07) is 15.7. The third-order valence-corrected chi connectivity index (χ3v) is 3.44. The number of fused-ring (bicyclic) bond motifs is 1. The van der Waals surface area contributed by atoms with E-state index in [1.165, 1.54) is 0 Å². The fourth-order valence-electron chi connectivity index (χ4n) is 2.32. The molecule has 0 aliphatic carbocycles. The normalized spacial score (nSPS) is 10.5. The number of ether oxygens (including phenoxy) is 2. The molecule has 0 aliphatic heterocycles. The van der Waals surface area contributed by atoms with Crippen LogP contribution in [-0.4, -0.2) is 25.0 Å². The van der Waals surface area contributed by atoms with Crippen LogP contribution in [0.25, 0.3) is 11.0 Å². The van der Waals surface area contributed by atoms with Gasteiger partial charge in [0, 0.05) is 5.39 Å². The molecule has 3 aromatic rings. The first kappa shape index (κ1) is 15.8. The molecule has 24 heavy (non-hydrogen) atoms. The Bertz CT molecular complexity index is 845. The highest BCUT2D eigenvalue weighted by Gasteiger charge is 2.18. The zero-order valence-corrected chi connectivity index (χ0v) is 13.2. The lowest BCUT2D eigenvalue weighted by molar-refractivity contribution is 0.0464. The number of para-hydroxylation sites is 2. The van der Waals surface area contributed by atoms with E-state index in [2.05, 4.69) is 0 Å². The molecule has 0 saturated carbocycles. The van der Waals surface area contributed by atoms with E-state index in [1.807, 2.05) is 25.1 Å². The van der Waals surface area contributed by atoms with Gasteiger partial charge in [0.15, 0.2) is 12.4 Å². The van der Waals surface area contributed by atoms with E-state index in [0.29, 0.717) is 17.9 Å². The summed E-state index contributed by atoms with van der Waals surface area (Å²) in [5, 5.41) is 0.828. The summed E-state index contributed by atoms with van der Waals surface area (Å²) >= 11 is 0. The number of esters is 1. The molecule has 0 N–H and O–H groups in total. The number of hydrogen-bond donors (Lipinski definition) is 0. The van der Waals surface area contributed by atoms with Crippen molar-refractivity contribution in [1.29, 1.82) is 0 Å². The Balaban J connectivity index is 1.68. The van der Waals surface area contributed by atoms with Crippen molar-refractivity contribution in [3.05, 3.63) is 65.9 Å². The van der Waals surface area contributed by atoms with Gasteiger partial charge in [-0.25, -0.2) is 4.79 Å². The summed E-state index contributed by atoms with van der Waals surface area (Å²) < 4.78 is 15.9. The van der Waals surface area contributed by atoms with Crippen LogP contribution in [0.2, 0.25) is 0 Å². The molecule has 0 amide bonds. The van der Waals surface area contributed by atoms with Crippen molar-refractivity contribution in [2.45, 2.75) is 6.92 Å². The monoisotopic (exact) mass is 324 g/mol. The predicted octanol–water partition coefficient (Wildman–Crippen LogP) is 3.87. The molecule has 0 fully saturated rings. The van der Waals surface area contributed by atoms with Crippen molar-refractivity contribution in [2.75, 3.05) is 13.2 Å². The zero-order valence-electron chi connectivity index (χ0n) is 13.2. The van der Waals surface area contributed by atoms with Crippen molar-refractivity contribution in [3.8, 4) is 5.75 Å². The van der Waals surface area contributed by atoms with Crippen molar-refractivity contribution in [3.63, 3.8) is 0 Å². The number of carbonyl (C=O) groups excluding carboxylic acids is 2. The van der Waals surface area contributed by atoms with Gasteiger partial charge in [-0.05, 0) is 31.2 Å². The van der Waals surface area contributed by atoms with Crippen LogP contribution < -0.4 is 4.74 Å². The first-order valence-corrected chi connectivity index (χ1v) is 7.59. The predicted molar refractivity (Wildman–Crippen MR) is 88.4 cm³/mol. The number of Topliss-reactive ketones (excluding diaryl/α,β-unsaturated/α-hetero) is 1. The van der Waals surface area contributed by atoms with Crippen LogP contribution in [0.5, 0.6) is 5.75 Å². The van der Waals surface area contributed by atoms with Crippen molar-refractivity contribution in [1.82, 2.24) is 0 Å². The minimum Gasteiger partial charge on any atom is -0.493 e. The summed E-state index contributed by atoms with van der Waals surface area (Å²) in [7, 11) is 0. The number of ketones is 1. The number of hydrogen-bond acceptors (Lipinski definition) is 5. The summed E-state index contributed by atoms with van der Waals surface area (Å²) in [5.74, 6) is -0.403. The quantitative estimate of drug-likeness (QED) is 0.508. The lowest BCUT2D eigenvalue weighted by Gasteiger charge is -2.09. The molecule has 5 heteroatoms. The molecular weight excluding hydrogens is 308 g/mol. The molecule has 1 heterocycles. The first-order chi connectivity index (χ1) is 11.7. The highest BCUT2D eigenvalue weighted by molar-refractivity contribution is 6.00. The Kier molecular flexibility index (Phi) is 4.61. The van der Waals surface area contributed by atoms with Crippen molar-refractivity contribution >= 4 is 22.7 Å². The minimum atomic E-state index is -0.608. The molecule has 0 unspecified atom stereocenters. The largest absolute Gasteiger partial charge is 0.493 e. The number of carbonyl (C=O) groups is 2. The summed E-state index contributed by atoms with van der Waals surface area (Å²) in [6.45, 7) is 1.87. The summed E-state index contributed by atoms with van der Waals surface area (Å²) in [4.78, 5) is 24.3. The lowest BCUT2D eigenvalue weighted by atomic mass is 10.2. The van der Waals surface area contributed by atoms with Gasteiger partial charge in [0.2, 0.25) is 5.78 Å². The maximum absolute atomic E-state index is 12.2. The van der Waals surface area contributed by atoms with Gasteiger partial charge in [-0.1, -0.05) is 30.3 Å². The van der Waals surface area contributed by atoms with Gasteiger partial charge in [-0.3, -0.25) is 4.79 Å². The van der Waals surface area contributed by atoms with Crippen LogP contribution in [0, 0.1) is 0 Å². The molecule has 5 nitrogen and oxygen atoms in total. The van der Waals surface area contributed by atoms with E-state index in [-0.39, 0.29) is 17.9 Å². The van der Waals surface area contributed by atoms with Gasteiger partial charge in [-0.2, -0.15) is 0 Å². The molecule has 0 spiro atoms. The van der Waals surface area contributed by atoms with Gasteiger partial charge in [-0.15, -0.1) is 0 Å². The SMILES string of the molecule is CCOc1ccccc1C(=O)OCC(=O)c1cc2ccccc2o1. The average molecular weight is 324 g/mol. The average Bonchev–Trinajstić information content (AvgIpc) is 3.04. The van der Waals surface area contributed by atoms with E-state index in [4.69, 9.17) is 13.9 Å². The summed E-state index contributed by atoms with van der Waals surface area (Å²) in [5.41, 5.74) is 0.908. The van der Waals surface area contributed by atoms with Gasteiger partial charge in [0.05, 0.1) is 6.61 Å². The number of rotatable bonds is 6. The van der Waals surface area contributed by atoms with E-state index >= 15 is 0 Å². The Hall–Kier alpha value is -3.08. The number of benzene rings is 2. The number of furan rings is 1. The topological polar surface area (TPSA) is 65.7 Å². The third-order valence-electron chi connectivity index (χ3n) is 3.44. The van der Waals surface area contributed by atoms with Gasteiger partial charge >= 0.3 is 5.97 Å². The molecular formula is C19H16O5. The van der Waals surface area contributed by atoms with Crippen LogP contribution in [-0.2, 0) is 4.74 Å². The molecule has 0 radical (unpaired) electrons. The van der Waals surface area contributed by atoms with E-state index < -0.39 is 11.8 Å². The standard InChI is InChI=1S/C19H16O5/c1-2-22-17-10-6-4-8-14(17)19(21)23-12-15(20)18-11-13-7-3-5-9-16(13)24-18/h3-11H,2,12H2,1H3. The Morgan fingerprint density at radius 1 is 1.04 bits per heavy atom. The zero-order chi connectivity index (χ0) is 16.9. The van der Waals surface area contributed by atoms with Crippen LogP contribution in [0.3, 0.4) is 0 Å². The van der Waals surface area contributed by atoms with Crippen LogP contribution in [0.1, 0.15) is 27.8 Å². The van der Waals surface area contributed by atoms with E-state index in [9.17, 15) is 9.59 Å². The Morgan fingerprint density at radius 3 is 2.58 bits per heavy atom. The maximum atomic E-state index is 12.2. The molecule has 0 saturated heterocycles. The molecule has 122 valence electrons. The fourth-order valence-corrected chi connectivity index (χ4v) is 2.32. The second-order valence-corrected chi connectivity index (χ2v) is 5.08. The maximum Gasteiger partial charge on any atom is 0.342 e. The molecule has 1 aromatic heterocycles. The first-order valence-electron chi connectivity index (χ1n) is 7.59. The Morgan fingerprint density at radius 2 is 1.79 bits per heavy atom. The Labute approximate surface area is 138 Å². The van der Waals surface area contributed by atoms with Crippen LogP contribution in [0.15, 0.2) is 59.0 Å². The van der Waals surface area contributed by atoms with Gasteiger partial charge in [0.1, 0.15) is 16.9 Å². The van der Waals surface area contributed by atoms with Crippen molar-refractivity contribution in [2.24, 2.45) is 0 Å². The van der Waals surface area contributed by atoms with Crippen molar-refractivity contribution < 1.29 is 23.5 Å². The van der Waals surface area contributed by atoms with Gasteiger partial charge in [0.25, 0.3) is 0 Å². The second-order valence-electron chi connectivity index (χ2n) is 5.08. The highest BCUT2D eigenvalue weighted by atomic mass is 16.5. The lowest BCUT2D eigenvalue weighted by Crippen LogP contribution is -2.14.